The van der Waals surface area contributed by atoms with E-state index in [1.807, 2.05) is 6.26 Å². The van der Waals surface area contributed by atoms with E-state index in [0.717, 1.165) is 19.3 Å². The van der Waals surface area contributed by atoms with Crippen molar-refractivity contribution >= 4 is 23.9 Å². The van der Waals surface area contributed by atoms with Crippen molar-refractivity contribution in [3.63, 3.8) is 0 Å². The molecule has 1 heterocycles. The number of carbonyl (C=O) groups excluding carboxylic acids is 1. The number of rotatable bonds is 6. The third kappa shape index (κ3) is 3.48. The summed E-state index contributed by atoms with van der Waals surface area (Å²) < 4.78 is 0. The van der Waals surface area contributed by atoms with E-state index in [9.17, 15) is 4.79 Å². The van der Waals surface area contributed by atoms with E-state index in [2.05, 4.69) is 29.1 Å². The van der Waals surface area contributed by atoms with Crippen LogP contribution in [-0.4, -0.2) is 29.1 Å². The van der Waals surface area contributed by atoms with E-state index >= 15 is 0 Å². The maximum absolute atomic E-state index is 10.8. The number of thioether (sulfide) groups is 1. The van der Waals surface area contributed by atoms with Crippen molar-refractivity contribution in [2.24, 2.45) is 5.92 Å². The van der Waals surface area contributed by atoms with Crippen LogP contribution in [0.2, 0.25) is 0 Å². The molecular formula is C11H17N3OS. The van der Waals surface area contributed by atoms with E-state index in [4.69, 9.17) is 0 Å². The van der Waals surface area contributed by atoms with Gasteiger partial charge in [0.05, 0.1) is 5.56 Å². The Balaban J connectivity index is 2.79. The summed E-state index contributed by atoms with van der Waals surface area (Å²) in [7, 11) is 0. The second-order valence-corrected chi connectivity index (χ2v) is 4.45. The number of hydrogen-bond donors (Lipinski definition) is 1. The highest BCUT2D eigenvalue weighted by molar-refractivity contribution is 7.98. The summed E-state index contributed by atoms with van der Waals surface area (Å²) in [5.74, 6) is 1.20. The monoisotopic (exact) mass is 239 g/mol. The molecule has 4 nitrogen and oxygen atoms in total. The number of carbonyl (C=O) groups is 1. The quantitative estimate of drug-likeness (QED) is 0.469. The lowest BCUT2D eigenvalue weighted by molar-refractivity contribution is 0.112. The zero-order valence-electron chi connectivity index (χ0n) is 9.86. The second kappa shape index (κ2) is 6.48. The van der Waals surface area contributed by atoms with Gasteiger partial charge in [-0.1, -0.05) is 32.0 Å². The van der Waals surface area contributed by atoms with Crippen LogP contribution in [0.5, 0.6) is 0 Å². The first kappa shape index (κ1) is 13.0. The maximum atomic E-state index is 10.8. The van der Waals surface area contributed by atoms with Crippen molar-refractivity contribution in [3.8, 4) is 0 Å². The minimum absolute atomic E-state index is 0.515. The van der Waals surface area contributed by atoms with Crippen LogP contribution in [0.3, 0.4) is 0 Å². The second-order valence-electron chi connectivity index (χ2n) is 3.67. The van der Waals surface area contributed by atoms with E-state index in [1.165, 1.54) is 11.8 Å². The molecule has 0 aliphatic heterocycles. The molecule has 0 aliphatic rings. The predicted octanol–water partition coefficient (Wildman–Crippen LogP) is 2.47. The molecule has 0 fully saturated rings. The van der Waals surface area contributed by atoms with Gasteiger partial charge in [0.15, 0.2) is 11.4 Å². The summed E-state index contributed by atoms with van der Waals surface area (Å²) in [5.41, 5.74) is 0.515. The van der Waals surface area contributed by atoms with E-state index in [1.54, 1.807) is 6.20 Å². The molecule has 1 atom stereocenters. The van der Waals surface area contributed by atoms with Gasteiger partial charge in [-0.15, -0.1) is 0 Å². The fourth-order valence-electron chi connectivity index (χ4n) is 1.12. The van der Waals surface area contributed by atoms with Crippen LogP contribution >= 0.6 is 11.8 Å². The van der Waals surface area contributed by atoms with Crippen molar-refractivity contribution in [2.45, 2.75) is 25.4 Å². The topological polar surface area (TPSA) is 54.9 Å². The molecular weight excluding hydrogens is 222 g/mol. The molecule has 1 rings (SSSR count). The predicted molar refractivity (Wildman–Crippen MR) is 67.1 cm³/mol. The smallest absolute Gasteiger partial charge is 0.189 e. The molecule has 1 aromatic rings. The van der Waals surface area contributed by atoms with Gasteiger partial charge in [-0.2, -0.15) is 0 Å². The molecule has 0 amide bonds. The van der Waals surface area contributed by atoms with Crippen molar-refractivity contribution in [1.29, 1.82) is 0 Å². The number of nitrogens with one attached hydrogen (secondary N) is 1. The van der Waals surface area contributed by atoms with E-state index < -0.39 is 0 Å². The van der Waals surface area contributed by atoms with Gasteiger partial charge in [-0.05, 0) is 12.2 Å². The largest absolute Gasteiger partial charge is 0.369 e. The molecule has 88 valence electrons. The molecule has 0 bridgehead atoms. The fraction of sp³-hybridized carbons (Fsp3) is 0.545. The first-order valence-corrected chi connectivity index (χ1v) is 6.53. The van der Waals surface area contributed by atoms with Crippen LogP contribution in [0.25, 0.3) is 0 Å². The Hall–Kier alpha value is -1.10. The molecule has 0 saturated carbocycles. The first-order valence-electron chi connectivity index (χ1n) is 5.31. The molecule has 0 radical (unpaired) electrons. The van der Waals surface area contributed by atoms with Crippen molar-refractivity contribution in [2.75, 3.05) is 18.1 Å². The third-order valence-electron chi connectivity index (χ3n) is 2.42. The van der Waals surface area contributed by atoms with Crippen LogP contribution in [-0.2, 0) is 0 Å². The van der Waals surface area contributed by atoms with Crippen molar-refractivity contribution < 1.29 is 4.79 Å². The lowest BCUT2D eigenvalue weighted by Crippen LogP contribution is -2.13. The normalized spacial score (nSPS) is 12.2. The molecule has 16 heavy (non-hydrogen) atoms. The summed E-state index contributed by atoms with van der Waals surface area (Å²) in [6, 6.07) is 0. The third-order valence-corrected chi connectivity index (χ3v) is 2.98. The van der Waals surface area contributed by atoms with Crippen LogP contribution in [0, 0.1) is 5.92 Å². The van der Waals surface area contributed by atoms with Crippen LogP contribution in [0.15, 0.2) is 11.4 Å². The van der Waals surface area contributed by atoms with Gasteiger partial charge >= 0.3 is 0 Å². The molecule has 1 unspecified atom stereocenters. The fourth-order valence-corrected chi connectivity index (χ4v) is 1.46. The van der Waals surface area contributed by atoms with Gasteiger partial charge in [-0.3, -0.25) is 4.79 Å². The minimum atomic E-state index is 0.515. The van der Waals surface area contributed by atoms with Gasteiger partial charge in [0.2, 0.25) is 0 Å². The Labute approximate surface area is 100 Å². The Morgan fingerprint density at radius 2 is 2.38 bits per heavy atom. The maximum Gasteiger partial charge on any atom is 0.189 e. The summed E-state index contributed by atoms with van der Waals surface area (Å²) in [6.45, 7) is 5.12. The molecule has 0 spiro atoms. The molecule has 5 heteroatoms. The zero-order chi connectivity index (χ0) is 12.0. The molecule has 1 N–H and O–H groups in total. The van der Waals surface area contributed by atoms with Crippen molar-refractivity contribution in [3.05, 3.63) is 11.8 Å². The minimum Gasteiger partial charge on any atom is -0.369 e. The lowest BCUT2D eigenvalue weighted by Gasteiger charge is -2.12. The average molecular weight is 239 g/mol. The van der Waals surface area contributed by atoms with Crippen LogP contribution in [0.1, 0.15) is 30.6 Å². The van der Waals surface area contributed by atoms with Crippen LogP contribution in [0.4, 0.5) is 5.82 Å². The summed E-state index contributed by atoms with van der Waals surface area (Å²) in [6.07, 6.45) is 5.35. The summed E-state index contributed by atoms with van der Waals surface area (Å²) in [4.78, 5) is 19.1. The van der Waals surface area contributed by atoms with Gasteiger partial charge in [0.25, 0.3) is 0 Å². The van der Waals surface area contributed by atoms with Crippen LogP contribution < -0.4 is 5.32 Å². The number of aldehydes is 1. The zero-order valence-corrected chi connectivity index (χ0v) is 10.7. The molecule has 0 aromatic carbocycles. The van der Waals surface area contributed by atoms with Gasteiger partial charge in [-0.25, -0.2) is 9.97 Å². The Bertz CT molecular complexity index is 357. The van der Waals surface area contributed by atoms with Crippen molar-refractivity contribution in [1.82, 2.24) is 9.97 Å². The Morgan fingerprint density at radius 1 is 1.62 bits per heavy atom. The lowest BCUT2D eigenvalue weighted by atomic mass is 10.1. The SMILES string of the molecule is CCC(C)CNc1nc(SC)ncc1C=O. The Kier molecular flexibility index (Phi) is 5.25. The standard InChI is InChI=1S/C11H17N3OS/c1-4-8(2)5-12-10-9(7-15)6-13-11(14-10)16-3/h6-8H,4-5H2,1-3H3,(H,12,13,14). The van der Waals surface area contributed by atoms with E-state index in [-0.39, 0.29) is 0 Å². The van der Waals surface area contributed by atoms with Gasteiger partial charge in [0.1, 0.15) is 5.82 Å². The summed E-state index contributed by atoms with van der Waals surface area (Å²) in [5, 5.41) is 3.87. The molecule has 0 aliphatic carbocycles. The number of hydrogen-bond acceptors (Lipinski definition) is 5. The summed E-state index contributed by atoms with van der Waals surface area (Å²) >= 11 is 1.46. The molecule has 1 aromatic heterocycles. The number of nitrogens with zero attached hydrogens (tertiary/aromatic N) is 2. The first-order chi connectivity index (χ1) is 7.71. The average Bonchev–Trinajstić information content (AvgIpc) is 2.35. The molecule has 0 saturated heterocycles. The highest BCUT2D eigenvalue weighted by Gasteiger charge is 2.07. The number of anilines is 1. The van der Waals surface area contributed by atoms with Gasteiger partial charge < -0.3 is 5.32 Å². The number of aromatic nitrogens is 2. The Morgan fingerprint density at radius 3 is 2.94 bits per heavy atom. The highest BCUT2D eigenvalue weighted by Crippen LogP contribution is 2.15. The highest BCUT2D eigenvalue weighted by atomic mass is 32.2. The van der Waals surface area contributed by atoms with E-state index in [0.29, 0.717) is 22.5 Å². The van der Waals surface area contributed by atoms with Gasteiger partial charge in [0, 0.05) is 12.7 Å².